The van der Waals surface area contributed by atoms with Crippen molar-refractivity contribution >= 4 is 179 Å². The molecule has 0 saturated carbocycles. The molecule has 4 aliphatic rings. The molecule has 26 rings (SSSR count). The summed E-state index contributed by atoms with van der Waals surface area (Å²) in [6, 6.07) is 137. The zero-order valence-electron chi connectivity index (χ0n) is 69.6. The minimum absolute atomic E-state index is 0. The van der Waals surface area contributed by atoms with Gasteiger partial charge in [-0.05, 0) is 146 Å². The van der Waals surface area contributed by atoms with Crippen molar-refractivity contribution in [1.29, 1.82) is 0 Å². The van der Waals surface area contributed by atoms with Gasteiger partial charge in [-0.15, -0.1) is 49.4 Å². The van der Waals surface area contributed by atoms with E-state index >= 15 is 0 Å². The van der Waals surface area contributed by atoms with Crippen LogP contribution >= 0.6 is 0 Å². The average molecular weight is 2390 g/mol. The molecule has 11 heterocycles. The van der Waals surface area contributed by atoms with Crippen LogP contribution in [0.4, 0.5) is 91.4 Å². The summed E-state index contributed by atoms with van der Waals surface area (Å²) < 4.78 is 24.9. The van der Waals surface area contributed by atoms with Gasteiger partial charge in [0, 0.05) is 198 Å². The molecule has 0 amide bonds. The number of aromatic nitrogens is 3. The van der Waals surface area contributed by atoms with Crippen molar-refractivity contribution in [2.45, 2.75) is 13.8 Å². The fourth-order valence-electron chi connectivity index (χ4n) is 17.9. The standard InChI is InChI=1S/2C30H19N3O.C26H18N2O.C25H17N3O.4Ir/c1-3-10-21(11-4-1)28-24(17-18-27-29(28)23-14-7-8-16-26(23)34-27)33-20-32(22-12-5-2-6-13-22)30-25(33)15-9-19-31-30;1-3-10-21(11-4-1)28-24(17-18-27-29(28)23-14-7-8-16-26(23)34-27)33-20-32(22-12-5-2-6-13-22)25-15-9-19-31-30(25)33;1-18-22(16-15-21-20-11-5-8-14-25(20)29-26(18)21)28-17-27(19-9-3-2-4-10-19)23-12-6-7-13-24(23)28;1-17-21(14-13-20-19-10-5-6-12-23(19)29-24(17)20)28-16-27(18-8-3-2-4-9-18)22-11-7-15-26-25(22)28;;;;/h2*1-12,14-20H;2-9,11-17H,1H3;2-8,10-16H,1H3;;;;/q4*-2;;;;. The molecular formula is C111H73Ir4N11O4-8. The summed E-state index contributed by atoms with van der Waals surface area (Å²) in [6.45, 7) is 12.6. The van der Waals surface area contributed by atoms with Crippen molar-refractivity contribution in [3.05, 3.63) is 445 Å². The third kappa shape index (κ3) is 15.1. The molecular weight excluding hydrogens is 2320 g/mol. The molecule has 15 nitrogen and oxygen atoms in total. The second kappa shape index (κ2) is 36.6. The molecule has 0 spiro atoms. The van der Waals surface area contributed by atoms with Crippen molar-refractivity contribution < 1.29 is 98.1 Å². The number of hydrogen-bond acceptors (Lipinski definition) is 15. The number of nitrogens with zero attached hydrogens (tertiary/aromatic N) is 11. The maximum Gasteiger partial charge on any atom is 0.140 e. The number of aryl methyl sites for hydroxylation is 2. The van der Waals surface area contributed by atoms with E-state index in [0.29, 0.717) is 0 Å². The van der Waals surface area contributed by atoms with Gasteiger partial charge in [-0.25, -0.2) is 15.0 Å². The van der Waals surface area contributed by atoms with Gasteiger partial charge in [-0.1, -0.05) is 146 Å². The van der Waals surface area contributed by atoms with Crippen LogP contribution < -0.4 is 39.2 Å². The molecule has 4 radical (unpaired) electrons. The van der Waals surface area contributed by atoms with Crippen LogP contribution in [-0.2, 0) is 80.4 Å². The summed E-state index contributed by atoms with van der Waals surface area (Å²) in [5, 5.41) is 9.02. The number of furan rings is 4. The third-order valence-corrected chi connectivity index (χ3v) is 23.6. The molecule has 15 aromatic carbocycles. The van der Waals surface area contributed by atoms with Crippen LogP contribution in [0.3, 0.4) is 0 Å². The number of fused-ring (bicyclic) bond motifs is 16. The number of para-hydroxylation sites is 10. The fraction of sp³-hybridized carbons (Fsp3) is 0.0180. The second-order valence-electron chi connectivity index (χ2n) is 30.9. The molecule has 4 aliphatic heterocycles. The molecule has 7 aromatic heterocycles. The van der Waals surface area contributed by atoms with Gasteiger partial charge in [-0.3, -0.25) is 0 Å². The molecule has 0 unspecified atom stereocenters. The van der Waals surface area contributed by atoms with Crippen LogP contribution in [0.2, 0.25) is 0 Å². The van der Waals surface area contributed by atoms with E-state index in [-0.39, 0.29) is 80.4 Å². The van der Waals surface area contributed by atoms with E-state index in [0.717, 1.165) is 213 Å². The number of benzene rings is 15. The summed E-state index contributed by atoms with van der Waals surface area (Å²) >= 11 is 0. The summed E-state index contributed by atoms with van der Waals surface area (Å²) in [6.07, 6.45) is 5.50. The Hall–Kier alpha value is -14.1. The number of pyridine rings is 3. The number of anilines is 16. The molecule has 640 valence electrons. The van der Waals surface area contributed by atoms with E-state index in [2.05, 4.69) is 303 Å². The first-order chi connectivity index (χ1) is 62.4. The Morgan fingerprint density at radius 2 is 0.523 bits per heavy atom. The minimum atomic E-state index is 0. The van der Waals surface area contributed by atoms with Crippen molar-refractivity contribution in [3.63, 3.8) is 0 Å². The molecule has 130 heavy (non-hydrogen) atoms. The van der Waals surface area contributed by atoms with Gasteiger partial charge in [-0.2, -0.15) is 121 Å². The molecule has 0 aliphatic carbocycles. The summed E-state index contributed by atoms with van der Waals surface area (Å²) in [5.41, 5.74) is 27.5. The average Bonchev–Trinajstić information content (AvgIpc) is 1.12. The van der Waals surface area contributed by atoms with Gasteiger partial charge < -0.3 is 56.9 Å². The summed E-state index contributed by atoms with van der Waals surface area (Å²) in [7, 11) is 0. The zero-order valence-corrected chi connectivity index (χ0v) is 79.1. The first-order valence-corrected chi connectivity index (χ1v) is 41.7. The van der Waals surface area contributed by atoms with Crippen LogP contribution in [0, 0.1) is 64.8 Å². The van der Waals surface area contributed by atoms with Crippen LogP contribution in [0.5, 0.6) is 0 Å². The van der Waals surface area contributed by atoms with E-state index in [1.165, 1.54) is 0 Å². The molecule has 0 bridgehead atoms. The normalized spacial score (nSPS) is 12.8. The fourth-order valence-corrected chi connectivity index (χ4v) is 17.9. The van der Waals surface area contributed by atoms with E-state index < -0.39 is 0 Å². The largest absolute Gasteiger partial charge is 0.493 e. The quantitative estimate of drug-likeness (QED) is 0.121. The first kappa shape index (κ1) is 85.4. The molecule has 0 atom stereocenters. The molecule has 0 fully saturated rings. The third-order valence-electron chi connectivity index (χ3n) is 23.6. The van der Waals surface area contributed by atoms with Crippen LogP contribution in [0.25, 0.3) is 110 Å². The van der Waals surface area contributed by atoms with E-state index in [1.807, 2.05) is 188 Å². The Morgan fingerprint density at radius 3 is 0.954 bits per heavy atom. The summed E-state index contributed by atoms with van der Waals surface area (Å²) in [4.78, 5) is 31.4. The Kier molecular flexibility index (Phi) is 24.0. The monoisotopic (exact) mass is 2400 g/mol. The molecule has 22 aromatic rings. The van der Waals surface area contributed by atoms with E-state index in [4.69, 9.17) is 27.6 Å². The molecule has 0 N–H and O–H groups in total. The van der Waals surface area contributed by atoms with Crippen LogP contribution in [-0.4, -0.2) is 15.0 Å². The Balaban J connectivity index is 0.000000111. The second-order valence-corrected chi connectivity index (χ2v) is 30.9. The SMILES string of the molecule is Cc1c(N2[CH-]N(c3[c-]cccc3)c3ccccc32)ccc2c1oc1ccccc12.Cc1c(N2[CH-]N(c3[c-]cccc3)c3cccnc32)ccc2c1oc1ccccc12.[Ir].[Ir].[Ir].[Ir].[c-]1ccccc1N1[CH-]N(c2ccc3oc4ccccc4c3c2-c2ccccc2)c2cccnc21.[c-]1ccccc1N1[CH-]N(c2ccc3oc4ccccc4c3c2-c2ccccc2)c2ncccc21. The Bertz CT molecular complexity index is 7400. The molecule has 0 saturated heterocycles. The van der Waals surface area contributed by atoms with Crippen LogP contribution in [0.1, 0.15) is 11.1 Å². The molecule has 19 heteroatoms. The van der Waals surface area contributed by atoms with Gasteiger partial charge in [0.05, 0.1) is 17.1 Å². The van der Waals surface area contributed by atoms with Crippen molar-refractivity contribution in [1.82, 2.24) is 15.0 Å². The Morgan fingerprint density at radius 1 is 0.223 bits per heavy atom. The Labute approximate surface area is 805 Å². The first-order valence-electron chi connectivity index (χ1n) is 41.7. The van der Waals surface area contributed by atoms with Crippen molar-refractivity contribution in [2.24, 2.45) is 0 Å². The topological polar surface area (TPSA) is 117 Å². The van der Waals surface area contributed by atoms with Gasteiger partial charge in [0.1, 0.15) is 62.1 Å². The maximum atomic E-state index is 6.24. The van der Waals surface area contributed by atoms with Gasteiger partial charge in [0.15, 0.2) is 0 Å². The number of hydrogen-bond donors (Lipinski definition) is 0. The number of rotatable bonds is 10. The maximum absolute atomic E-state index is 6.24. The van der Waals surface area contributed by atoms with Gasteiger partial charge in [0.25, 0.3) is 0 Å². The summed E-state index contributed by atoms with van der Waals surface area (Å²) in [5.74, 6) is 2.65. The van der Waals surface area contributed by atoms with Crippen molar-refractivity contribution in [2.75, 3.05) is 39.2 Å². The van der Waals surface area contributed by atoms with E-state index in [9.17, 15) is 0 Å². The van der Waals surface area contributed by atoms with Crippen molar-refractivity contribution in [3.8, 4) is 22.3 Å². The predicted molar refractivity (Wildman–Crippen MR) is 510 cm³/mol. The van der Waals surface area contributed by atoms with Crippen LogP contribution in [0.15, 0.2) is 400 Å². The predicted octanol–water partition coefficient (Wildman–Crippen LogP) is 29.3. The smallest absolute Gasteiger partial charge is 0.140 e. The zero-order chi connectivity index (χ0) is 83.7. The van der Waals surface area contributed by atoms with Gasteiger partial charge >= 0.3 is 0 Å². The van der Waals surface area contributed by atoms with E-state index in [1.54, 1.807) is 0 Å². The minimum Gasteiger partial charge on any atom is -0.493 e. The van der Waals surface area contributed by atoms with Gasteiger partial charge in [0.2, 0.25) is 0 Å².